The Kier molecular flexibility index (Phi) is 7.68. The molecule has 0 radical (unpaired) electrons. The average Bonchev–Trinajstić information content (AvgIpc) is 3.95. The Morgan fingerprint density at radius 2 is 0.947 bits per heavy atom. The summed E-state index contributed by atoms with van der Waals surface area (Å²) in [6.45, 7) is 0. The Balaban J connectivity index is 0.921. The Hall–Kier alpha value is -6.12. The fourth-order valence-electron chi connectivity index (χ4n) is 9.01. The van der Waals surface area contributed by atoms with Crippen LogP contribution in [0.25, 0.3) is 79.0 Å². The molecule has 1 aliphatic heterocycles. The van der Waals surface area contributed by atoms with E-state index < -0.39 is 0 Å². The summed E-state index contributed by atoms with van der Waals surface area (Å²) >= 11 is 3.78. The number of rotatable bonds is 5. The van der Waals surface area contributed by atoms with Crippen molar-refractivity contribution < 1.29 is 0 Å². The van der Waals surface area contributed by atoms with Gasteiger partial charge in [-0.15, -0.1) is 22.7 Å². The van der Waals surface area contributed by atoms with Crippen LogP contribution in [0.2, 0.25) is 0 Å². The summed E-state index contributed by atoms with van der Waals surface area (Å²) in [5.74, 6) is 0. The average molecular weight is 769 g/mol. The van der Waals surface area contributed by atoms with Gasteiger partial charge in [0.1, 0.15) is 0 Å². The Labute approximate surface area is 337 Å². The smallest absolute Gasteiger partial charge is 0.0865 e. The molecule has 12 rings (SSSR count). The topological polar surface area (TPSA) is 41.0 Å². The summed E-state index contributed by atoms with van der Waals surface area (Å²) in [6.07, 6.45) is -0.0492. The van der Waals surface area contributed by atoms with Gasteiger partial charge in [-0.2, -0.15) is 0 Å². The fourth-order valence-corrected chi connectivity index (χ4v) is 11.4. The largest absolute Gasteiger partial charge is 0.309 e. The number of nitrogens with zero attached hydrogens (tertiary/aromatic N) is 1. The van der Waals surface area contributed by atoms with E-state index in [9.17, 15) is 0 Å². The van der Waals surface area contributed by atoms with E-state index >= 15 is 0 Å². The number of thiophene rings is 2. The maximum Gasteiger partial charge on any atom is 0.0865 e. The molecule has 0 amide bonds. The van der Waals surface area contributed by atoms with Gasteiger partial charge in [0, 0.05) is 56.8 Å². The molecule has 11 aromatic rings. The molecular weight excluding hydrogens is 733 g/mol. The number of hydrogen-bond donors (Lipinski definition) is 3. The van der Waals surface area contributed by atoms with Gasteiger partial charge >= 0.3 is 0 Å². The van der Waals surface area contributed by atoms with E-state index in [1.54, 1.807) is 0 Å². The predicted octanol–water partition coefficient (Wildman–Crippen LogP) is 13.4. The molecule has 3 aromatic heterocycles. The van der Waals surface area contributed by atoms with Crippen LogP contribution in [0.4, 0.5) is 0 Å². The van der Waals surface area contributed by atoms with Crippen molar-refractivity contribution in [2.45, 2.75) is 18.5 Å². The highest BCUT2D eigenvalue weighted by Crippen LogP contribution is 2.44. The minimum Gasteiger partial charge on any atom is -0.309 e. The number of aromatic nitrogens is 1. The van der Waals surface area contributed by atoms with E-state index in [0.717, 1.165) is 0 Å². The molecule has 2 unspecified atom stereocenters. The summed E-state index contributed by atoms with van der Waals surface area (Å²) in [5, 5.41) is 19.3. The highest BCUT2D eigenvalue weighted by Gasteiger charge is 2.30. The van der Waals surface area contributed by atoms with E-state index in [4.69, 9.17) is 0 Å². The van der Waals surface area contributed by atoms with Crippen molar-refractivity contribution in [3.05, 3.63) is 199 Å². The second kappa shape index (κ2) is 13.2. The molecule has 3 N–H and O–H groups in total. The number of fused-ring (bicyclic) bond motifs is 9. The number of benzene rings is 8. The molecule has 4 heterocycles. The lowest BCUT2D eigenvalue weighted by Gasteiger charge is -2.39. The molecule has 6 heteroatoms. The maximum atomic E-state index is 3.86. The number of nitrogens with one attached hydrogen (secondary N) is 3. The van der Waals surface area contributed by atoms with Gasteiger partial charge in [-0.1, -0.05) is 140 Å². The Morgan fingerprint density at radius 1 is 0.368 bits per heavy atom. The van der Waals surface area contributed by atoms with Crippen LogP contribution in [0.5, 0.6) is 0 Å². The molecule has 0 spiro atoms. The van der Waals surface area contributed by atoms with Crippen LogP contribution in [0.3, 0.4) is 0 Å². The van der Waals surface area contributed by atoms with Crippen LogP contribution in [0.15, 0.2) is 182 Å². The molecule has 8 aromatic carbocycles. The number of para-hydroxylation sites is 2. The van der Waals surface area contributed by atoms with Crippen molar-refractivity contribution in [2.24, 2.45) is 0 Å². The van der Waals surface area contributed by atoms with Crippen molar-refractivity contribution in [1.82, 2.24) is 20.5 Å². The number of hydrogen-bond acceptors (Lipinski definition) is 5. The predicted molar refractivity (Wildman–Crippen MR) is 243 cm³/mol. The summed E-state index contributed by atoms with van der Waals surface area (Å²) in [7, 11) is 0. The van der Waals surface area contributed by atoms with Crippen molar-refractivity contribution >= 4 is 84.8 Å². The third-order valence-corrected chi connectivity index (χ3v) is 14.1. The second-order valence-electron chi connectivity index (χ2n) is 15.0. The Bertz CT molecular complexity index is 3210. The molecule has 0 saturated carbocycles. The monoisotopic (exact) mass is 768 g/mol. The lowest BCUT2D eigenvalue weighted by atomic mass is 10.00. The van der Waals surface area contributed by atoms with Crippen LogP contribution in [0, 0.1) is 0 Å². The summed E-state index contributed by atoms with van der Waals surface area (Å²) in [4.78, 5) is 0. The van der Waals surface area contributed by atoms with Gasteiger partial charge < -0.3 is 4.57 Å². The zero-order valence-corrected chi connectivity index (χ0v) is 32.4. The molecule has 57 heavy (non-hydrogen) atoms. The van der Waals surface area contributed by atoms with Gasteiger partial charge in [-0.05, 0) is 70.3 Å². The van der Waals surface area contributed by atoms with Crippen LogP contribution >= 0.6 is 22.7 Å². The molecule has 4 nitrogen and oxygen atoms in total. The molecule has 0 aliphatic carbocycles. The lowest BCUT2D eigenvalue weighted by molar-refractivity contribution is 0.203. The van der Waals surface area contributed by atoms with Crippen LogP contribution < -0.4 is 16.0 Å². The van der Waals surface area contributed by atoms with Crippen LogP contribution in [0.1, 0.15) is 35.2 Å². The molecule has 2 atom stereocenters. The molecule has 1 aliphatic rings. The third kappa shape index (κ3) is 5.45. The molecular formula is C51H36N4S2. The first-order valence-electron chi connectivity index (χ1n) is 19.5. The summed E-state index contributed by atoms with van der Waals surface area (Å²) in [5.41, 5.74) is 9.87. The molecule has 272 valence electrons. The SMILES string of the molecule is c1ccc(C2NC(c3ccccc3)NC(c3ccc4c(c3)sc3c(-c5ccc6sc7cc(-n8c9ccccc9c9ccccc98)ccc7c6c5)cccc34)N2)cc1. The van der Waals surface area contributed by atoms with Crippen molar-refractivity contribution in [2.75, 3.05) is 0 Å². The first-order chi connectivity index (χ1) is 28.2. The van der Waals surface area contributed by atoms with Gasteiger partial charge in [-0.25, -0.2) is 0 Å². The van der Waals surface area contributed by atoms with Gasteiger partial charge in [0.05, 0.1) is 29.5 Å². The zero-order valence-electron chi connectivity index (χ0n) is 30.8. The first-order valence-corrected chi connectivity index (χ1v) is 21.2. The first kappa shape index (κ1) is 33.1. The van der Waals surface area contributed by atoms with Crippen molar-refractivity contribution in [3.8, 4) is 16.8 Å². The van der Waals surface area contributed by atoms with Gasteiger partial charge in [-0.3, -0.25) is 16.0 Å². The molecule has 1 fully saturated rings. The molecule has 0 bridgehead atoms. The fraction of sp³-hybridized carbons (Fsp3) is 0.0588. The van der Waals surface area contributed by atoms with E-state index in [-0.39, 0.29) is 18.5 Å². The normalized spacial score (nSPS) is 17.4. The second-order valence-corrected chi connectivity index (χ2v) is 17.2. The quantitative estimate of drug-likeness (QED) is 0.163. The lowest BCUT2D eigenvalue weighted by Crippen LogP contribution is -2.54. The minimum absolute atomic E-state index is 0.00397. The minimum atomic E-state index is -0.0412. The highest BCUT2D eigenvalue weighted by molar-refractivity contribution is 7.26. The zero-order chi connectivity index (χ0) is 37.5. The van der Waals surface area contributed by atoms with Gasteiger partial charge in [0.25, 0.3) is 0 Å². The van der Waals surface area contributed by atoms with Crippen LogP contribution in [-0.2, 0) is 0 Å². The third-order valence-electron chi connectivity index (χ3n) is 11.7. The Morgan fingerprint density at radius 3 is 1.65 bits per heavy atom. The maximum absolute atomic E-state index is 3.86. The van der Waals surface area contributed by atoms with E-state index in [1.807, 2.05) is 22.7 Å². The van der Waals surface area contributed by atoms with E-state index in [1.165, 1.54) is 95.7 Å². The van der Waals surface area contributed by atoms with Gasteiger partial charge in [0.2, 0.25) is 0 Å². The summed E-state index contributed by atoms with van der Waals surface area (Å²) < 4.78 is 7.65. The van der Waals surface area contributed by atoms with Crippen molar-refractivity contribution in [1.29, 1.82) is 0 Å². The van der Waals surface area contributed by atoms with Crippen molar-refractivity contribution in [3.63, 3.8) is 0 Å². The van der Waals surface area contributed by atoms with E-state index in [0.29, 0.717) is 0 Å². The van der Waals surface area contributed by atoms with Gasteiger partial charge in [0.15, 0.2) is 0 Å². The van der Waals surface area contributed by atoms with Crippen LogP contribution in [-0.4, -0.2) is 4.57 Å². The highest BCUT2D eigenvalue weighted by atomic mass is 32.1. The summed E-state index contributed by atoms with van der Waals surface area (Å²) in [6, 6.07) is 66.6. The van der Waals surface area contributed by atoms with E-state index in [2.05, 4.69) is 203 Å². The molecule has 1 saturated heterocycles. The standard InChI is InChI=1S/C51H36N4S2/c1-3-12-31(13-4-1)49-52-50(32-14-5-2-6-15-32)54-51(53-49)34-22-25-39-41-19-11-18-36(48(41)57-46(39)29-34)33-23-27-45-42(28-33)40-26-24-35(30-47(40)56-45)55-43-20-9-7-16-37(43)38-17-8-10-21-44(38)55/h1-30,49-54H.